The first-order valence-corrected chi connectivity index (χ1v) is 9.16. The molecule has 2 aromatic carbocycles. The molecule has 0 aliphatic heterocycles. The summed E-state index contributed by atoms with van der Waals surface area (Å²) in [5.41, 5.74) is 2.78. The maximum absolute atomic E-state index is 12.6. The lowest BCUT2D eigenvalue weighted by Crippen LogP contribution is -2.33. The molecule has 5 nitrogen and oxygen atoms in total. The Labute approximate surface area is 141 Å². The Bertz CT molecular complexity index is 872. The number of hydrogen-bond donors (Lipinski definition) is 0. The van der Waals surface area contributed by atoms with Gasteiger partial charge in [-0.2, -0.15) is 0 Å². The van der Waals surface area contributed by atoms with Crippen molar-refractivity contribution in [3.05, 3.63) is 59.2 Å². The van der Waals surface area contributed by atoms with Crippen molar-refractivity contribution in [2.45, 2.75) is 24.2 Å². The number of aryl methyl sites for hydroxylation is 2. The van der Waals surface area contributed by atoms with Crippen LogP contribution in [0, 0.1) is 0 Å². The molecule has 0 saturated heterocycles. The summed E-state index contributed by atoms with van der Waals surface area (Å²) >= 11 is 0. The molecule has 0 saturated carbocycles. The molecule has 2 aromatic rings. The summed E-state index contributed by atoms with van der Waals surface area (Å²) < 4.78 is 31.1. The fourth-order valence-electron chi connectivity index (χ4n) is 2.90. The Kier molecular flexibility index (Phi) is 4.32. The standard InChI is InChI=1S/C18H19NO4S/c1-19(24(21,22)17-10-8-16(23-2)9-11-17)18(20)15-7-6-13-4-3-5-14(13)12-15/h6-12H,3-5H2,1-2H3. The molecule has 0 unspecified atom stereocenters. The average Bonchev–Trinajstić information content (AvgIpc) is 3.08. The second-order valence-corrected chi connectivity index (χ2v) is 7.76. The summed E-state index contributed by atoms with van der Waals surface area (Å²) in [6.45, 7) is 0. The van der Waals surface area contributed by atoms with E-state index in [0.29, 0.717) is 11.3 Å². The minimum atomic E-state index is -3.90. The maximum atomic E-state index is 12.6. The lowest BCUT2D eigenvalue weighted by Gasteiger charge is -2.18. The van der Waals surface area contributed by atoms with Gasteiger partial charge in [-0.05, 0) is 66.8 Å². The van der Waals surface area contributed by atoms with Crippen molar-refractivity contribution in [3.63, 3.8) is 0 Å². The lowest BCUT2D eigenvalue weighted by atomic mass is 10.1. The molecular weight excluding hydrogens is 326 g/mol. The monoisotopic (exact) mass is 345 g/mol. The van der Waals surface area contributed by atoms with Crippen LogP contribution in [0.2, 0.25) is 0 Å². The average molecular weight is 345 g/mol. The molecule has 0 aromatic heterocycles. The first kappa shape index (κ1) is 16.5. The van der Waals surface area contributed by atoms with Crippen LogP contribution in [0.5, 0.6) is 5.75 Å². The number of sulfonamides is 1. The van der Waals surface area contributed by atoms with E-state index in [2.05, 4.69) is 0 Å². The van der Waals surface area contributed by atoms with Crippen molar-refractivity contribution >= 4 is 15.9 Å². The number of carbonyl (C=O) groups is 1. The van der Waals surface area contributed by atoms with Gasteiger partial charge in [0.25, 0.3) is 15.9 Å². The smallest absolute Gasteiger partial charge is 0.267 e. The van der Waals surface area contributed by atoms with Crippen LogP contribution in [0.3, 0.4) is 0 Å². The molecule has 0 fully saturated rings. The highest BCUT2D eigenvalue weighted by molar-refractivity contribution is 7.89. The van der Waals surface area contributed by atoms with Gasteiger partial charge in [0.15, 0.2) is 0 Å². The van der Waals surface area contributed by atoms with E-state index in [0.717, 1.165) is 29.1 Å². The van der Waals surface area contributed by atoms with E-state index in [-0.39, 0.29) is 4.90 Å². The maximum Gasteiger partial charge on any atom is 0.267 e. The van der Waals surface area contributed by atoms with E-state index >= 15 is 0 Å². The molecule has 24 heavy (non-hydrogen) atoms. The third-order valence-corrected chi connectivity index (χ3v) is 6.10. The summed E-state index contributed by atoms with van der Waals surface area (Å²) in [4.78, 5) is 12.7. The van der Waals surface area contributed by atoms with Gasteiger partial charge >= 0.3 is 0 Å². The topological polar surface area (TPSA) is 63.7 Å². The molecule has 0 heterocycles. The van der Waals surface area contributed by atoms with Gasteiger partial charge in [0.2, 0.25) is 0 Å². The Hall–Kier alpha value is -2.34. The number of hydrogen-bond acceptors (Lipinski definition) is 4. The molecule has 1 aliphatic rings. The second-order valence-electron chi connectivity index (χ2n) is 5.79. The largest absolute Gasteiger partial charge is 0.497 e. The summed E-state index contributed by atoms with van der Waals surface area (Å²) in [6, 6.07) is 11.4. The highest BCUT2D eigenvalue weighted by Crippen LogP contribution is 2.25. The minimum absolute atomic E-state index is 0.0558. The summed E-state index contributed by atoms with van der Waals surface area (Å²) in [5, 5.41) is 0. The molecule has 1 amide bonds. The van der Waals surface area contributed by atoms with Gasteiger partial charge in [-0.25, -0.2) is 12.7 Å². The summed E-state index contributed by atoms with van der Waals surface area (Å²) in [7, 11) is -1.10. The Morgan fingerprint density at radius 3 is 2.38 bits per heavy atom. The summed E-state index contributed by atoms with van der Waals surface area (Å²) in [6.07, 6.45) is 3.03. The van der Waals surface area contributed by atoms with Gasteiger partial charge in [-0.3, -0.25) is 4.79 Å². The van der Waals surface area contributed by atoms with Crippen molar-refractivity contribution in [3.8, 4) is 5.75 Å². The van der Waals surface area contributed by atoms with Gasteiger partial charge < -0.3 is 4.74 Å². The predicted octanol–water partition coefficient (Wildman–Crippen LogP) is 2.64. The fraction of sp³-hybridized carbons (Fsp3) is 0.278. The zero-order chi connectivity index (χ0) is 17.3. The number of carbonyl (C=O) groups excluding carboxylic acids is 1. The number of fused-ring (bicyclic) bond motifs is 1. The van der Waals surface area contributed by atoms with Crippen molar-refractivity contribution in [1.29, 1.82) is 0 Å². The molecule has 6 heteroatoms. The SMILES string of the molecule is COc1ccc(S(=O)(=O)N(C)C(=O)c2ccc3c(c2)CCC3)cc1. The first-order valence-electron chi connectivity index (χ1n) is 7.72. The summed E-state index contributed by atoms with van der Waals surface area (Å²) in [5.74, 6) is 0.0297. The molecule has 0 N–H and O–H groups in total. The highest BCUT2D eigenvalue weighted by Gasteiger charge is 2.27. The fourth-order valence-corrected chi connectivity index (χ4v) is 4.02. The van der Waals surface area contributed by atoms with Crippen LogP contribution in [0.15, 0.2) is 47.4 Å². The lowest BCUT2D eigenvalue weighted by molar-refractivity contribution is 0.0883. The molecule has 0 spiro atoms. The van der Waals surface area contributed by atoms with Crippen molar-refractivity contribution in [1.82, 2.24) is 4.31 Å². The van der Waals surface area contributed by atoms with E-state index in [1.807, 2.05) is 12.1 Å². The Morgan fingerprint density at radius 2 is 1.71 bits per heavy atom. The van der Waals surface area contributed by atoms with Crippen LogP contribution in [0.4, 0.5) is 0 Å². The van der Waals surface area contributed by atoms with Gasteiger partial charge in [-0.1, -0.05) is 6.07 Å². The van der Waals surface area contributed by atoms with Crippen LogP contribution in [-0.2, 0) is 22.9 Å². The molecule has 0 bridgehead atoms. The molecule has 0 atom stereocenters. The number of rotatable bonds is 4. The van der Waals surface area contributed by atoms with E-state index in [9.17, 15) is 13.2 Å². The molecular formula is C18H19NO4S. The van der Waals surface area contributed by atoms with Crippen LogP contribution in [0.25, 0.3) is 0 Å². The number of amides is 1. The van der Waals surface area contributed by atoms with Crippen molar-refractivity contribution in [2.75, 3.05) is 14.2 Å². The predicted molar refractivity (Wildman–Crippen MR) is 90.7 cm³/mol. The third-order valence-electron chi connectivity index (χ3n) is 4.35. The number of benzene rings is 2. The first-order chi connectivity index (χ1) is 11.4. The van der Waals surface area contributed by atoms with E-state index in [4.69, 9.17) is 4.74 Å². The molecule has 1 aliphatic carbocycles. The van der Waals surface area contributed by atoms with Crippen molar-refractivity contribution < 1.29 is 17.9 Å². The van der Waals surface area contributed by atoms with Crippen LogP contribution < -0.4 is 4.74 Å². The number of ether oxygens (including phenoxy) is 1. The number of nitrogens with zero attached hydrogens (tertiary/aromatic N) is 1. The van der Waals surface area contributed by atoms with Gasteiger partial charge in [-0.15, -0.1) is 0 Å². The van der Waals surface area contributed by atoms with E-state index in [1.165, 1.54) is 31.9 Å². The molecule has 126 valence electrons. The van der Waals surface area contributed by atoms with Crippen molar-refractivity contribution in [2.24, 2.45) is 0 Å². The van der Waals surface area contributed by atoms with Gasteiger partial charge in [0.05, 0.1) is 12.0 Å². The zero-order valence-corrected chi connectivity index (χ0v) is 14.5. The zero-order valence-electron chi connectivity index (χ0n) is 13.7. The minimum Gasteiger partial charge on any atom is -0.497 e. The van der Waals surface area contributed by atoms with Crippen LogP contribution >= 0.6 is 0 Å². The van der Waals surface area contributed by atoms with Gasteiger partial charge in [0, 0.05) is 12.6 Å². The number of methoxy groups -OCH3 is 1. The Morgan fingerprint density at radius 1 is 1.04 bits per heavy atom. The quantitative estimate of drug-likeness (QED) is 0.854. The van der Waals surface area contributed by atoms with Gasteiger partial charge in [0.1, 0.15) is 5.75 Å². The third kappa shape index (κ3) is 2.89. The Balaban J connectivity index is 1.88. The normalized spacial score (nSPS) is 13.4. The highest BCUT2D eigenvalue weighted by atomic mass is 32.2. The van der Waals surface area contributed by atoms with Crippen LogP contribution in [-0.4, -0.2) is 32.8 Å². The molecule has 3 rings (SSSR count). The second kappa shape index (κ2) is 6.28. The van der Waals surface area contributed by atoms with E-state index in [1.54, 1.807) is 18.2 Å². The van der Waals surface area contributed by atoms with Crippen LogP contribution in [0.1, 0.15) is 27.9 Å². The van der Waals surface area contributed by atoms with E-state index < -0.39 is 15.9 Å². The molecule has 0 radical (unpaired) electrons.